The van der Waals surface area contributed by atoms with Crippen molar-refractivity contribution in [2.75, 3.05) is 18.1 Å². The van der Waals surface area contributed by atoms with Gasteiger partial charge in [-0.05, 0) is 36.8 Å². The molecular formula is C26H21N3O4S. The first kappa shape index (κ1) is 21.8. The number of rotatable bonds is 6. The highest BCUT2D eigenvalue weighted by Crippen LogP contribution is 2.34. The van der Waals surface area contributed by atoms with E-state index in [9.17, 15) is 14.4 Å². The van der Waals surface area contributed by atoms with Crippen LogP contribution in [0.5, 0.6) is 5.75 Å². The number of fused-ring (bicyclic) bond motifs is 2. The fourth-order valence-corrected chi connectivity index (χ4v) is 5.00. The zero-order valence-electron chi connectivity index (χ0n) is 18.4. The predicted molar refractivity (Wildman–Crippen MR) is 133 cm³/mol. The van der Waals surface area contributed by atoms with Gasteiger partial charge in [-0.3, -0.25) is 19.0 Å². The lowest BCUT2D eigenvalue weighted by atomic mass is 10.0. The van der Waals surface area contributed by atoms with Crippen LogP contribution in [0.2, 0.25) is 0 Å². The largest absolute Gasteiger partial charge is 0.482 e. The third kappa shape index (κ3) is 3.72. The number of ketones is 1. The SMILES string of the molecule is C=CCN1C(=O)COc2ccc(C(=O)C(C)n3cnc4sc(-c5ccccc5)cc4c3=O)cc21. The molecule has 34 heavy (non-hydrogen) atoms. The summed E-state index contributed by atoms with van der Waals surface area (Å²) in [7, 11) is 0. The normalized spacial score (nSPS) is 13.9. The summed E-state index contributed by atoms with van der Waals surface area (Å²) in [6, 6.07) is 15.8. The second kappa shape index (κ2) is 8.72. The van der Waals surface area contributed by atoms with Crippen molar-refractivity contribution in [2.45, 2.75) is 13.0 Å². The Morgan fingerprint density at radius 1 is 1.21 bits per heavy atom. The second-order valence-corrected chi connectivity index (χ2v) is 8.99. The summed E-state index contributed by atoms with van der Waals surface area (Å²) in [4.78, 5) is 46.4. The van der Waals surface area contributed by atoms with Crippen molar-refractivity contribution in [3.05, 3.63) is 89.5 Å². The minimum atomic E-state index is -0.782. The number of Topliss-reactive ketones (excluding diaryl/α,β-unsaturated/α-hetero) is 1. The Morgan fingerprint density at radius 3 is 2.76 bits per heavy atom. The summed E-state index contributed by atoms with van der Waals surface area (Å²) in [5.74, 6) is 0.0568. The molecule has 4 aromatic rings. The molecule has 2 aromatic carbocycles. The van der Waals surface area contributed by atoms with E-state index in [1.165, 1.54) is 27.1 Å². The first-order valence-corrected chi connectivity index (χ1v) is 11.6. The molecule has 1 aliphatic rings. The smallest absolute Gasteiger partial charge is 0.265 e. The van der Waals surface area contributed by atoms with Gasteiger partial charge in [-0.1, -0.05) is 36.4 Å². The molecule has 0 saturated heterocycles. The molecule has 0 radical (unpaired) electrons. The Bertz CT molecular complexity index is 1490. The Hall–Kier alpha value is -4.04. The van der Waals surface area contributed by atoms with Crippen molar-refractivity contribution >= 4 is 38.9 Å². The van der Waals surface area contributed by atoms with Gasteiger partial charge in [0.2, 0.25) is 0 Å². The number of ether oxygens (including phenoxy) is 1. The van der Waals surface area contributed by atoms with Crippen LogP contribution in [0.4, 0.5) is 5.69 Å². The van der Waals surface area contributed by atoms with Gasteiger partial charge in [0.05, 0.1) is 23.4 Å². The highest BCUT2D eigenvalue weighted by atomic mass is 32.1. The van der Waals surface area contributed by atoms with Crippen LogP contribution in [0.15, 0.2) is 78.4 Å². The molecule has 0 fully saturated rings. The molecule has 0 aliphatic carbocycles. The van der Waals surface area contributed by atoms with Crippen LogP contribution in [0, 0.1) is 0 Å². The summed E-state index contributed by atoms with van der Waals surface area (Å²) in [5, 5.41) is 0.479. The van der Waals surface area contributed by atoms with Gasteiger partial charge in [0.25, 0.3) is 11.5 Å². The van der Waals surface area contributed by atoms with Gasteiger partial charge >= 0.3 is 0 Å². The summed E-state index contributed by atoms with van der Waals surface area (Å²) >= 11 is 1.44. The van der Waals surface area contributed by atoms with Crippen molar-refractivity contribution in [1.82, 2.24) is 9.55 Å². The number of anilines is 1. The van der Waals surface area contributed by atoms with Crippen LogP contribution >= 0.6 is 11.3 Å². The van der Waals surface area contributed by atoms with E-state index in [2.05, 4.69) is 11.6 Å². The number of benzene rings is 2. The predicted octanol–water partition coefficient (Wildman–Crippen LogP) is 4.48. The zero-order chi connectivity index (χ0) is 23.8. The first-order valence-electron chi connectivity index (χ1n) is 10.8. The van der Waals surface area contributed by atoms with Gasteiger partial charge in [0, 0.05) is 17.0 Å². The van der Waals surface area contributed by atoms with E-state index < -0.39 is 6.04 Å². The monoisotopic (exact) mass is 471 g/mol. The minimum Gasteiger partial charge on any atom is -0.482 e. The van der Waals surface area contributed by atoms with Crippen LogP contribution in [-0.4, -0.2) is 34.4 Å². The van der Waals surface area contributed by atoms with Crippen LogP contribution < -0.4 is 15.2 Å². The molecule has 0 N–H and O–H groups in total. The minimum absolute atomic E-state index is 0.0583. The summed E-state index contributed by atoms with van der Waals surface area (Å²) in [5.41, 5.74) is 1.63. The van der Waals surface area contributed by atoms with Crippen LogP contribution in [-0.2, 0) is 4.79 Å². The quantitative estimate of drug-likeness (QED) is 0.306. The van der Waals surface area contributed by atoms with E-state index in [-0.39, 0.29) is 23.9 Å². The summed E-state index contributed by atoms with van der Waals surface area (Å²) < 4.78 is 6.85. The first-order chi connectivity index (χ1) is 16.5. The molecule has 0 saturated carbocycles. The molecule has 0 spiro atoms. The number of thiophene rings is 1. The third-order valence-electron chi connectivity index (χ3n) is 5.83. The topological polar surface area (TPSA) is 81.5 Å². The van der Waals surface area contributed by atoms with Crippen molar-refractivity contribution in [3.63, 3.8) is 0 Å². The fourth-order valence-electron chi connectivity index (χ4n) is 4.01. The molecule has 7 nitrogen and oxygen atoms in total. The maximum Gasteiger partial charge on any atom is 0.265 e. The maximum absolute atomic E-state index is 13.3. The zero-order valence-corrected chi connectivity index (χ0v) is 19.2. The van der Waals surface area contributed by atoms with E-state index in [0.29, 0.717) is 33.8 Å². The Kier molecular flexibility index (Phi) is 5.59. The molecule has 1 aliphatic heterocycles. The van der Waals surface area contributed by atoms with Gasteiger partial charge in [0.1, 0.15) is 10.6 Å². The highest BCUT2D eigenvalue weighted by Gasteiger charge is 2.27. The Labute approximate surface area is 199 Å². The van der Waals surface area contributed by atoms with E-state index in [1.807, 2.05) is 36.4 Å². The molecule has 3 heterocycles. The van der Waals surface area contributed by atoms with Gasteiger partial charge < -0.3 is 9.64 Å². The second-order valence-electron chi connectivity index (χ2n) is 7.96. The van der Waals surface area contributed by atoms with Crippen LogP contribution in [0.25, 0.3) is 20.7 Å². The number of aromatic nitrogens is 2. The average Bonchev–Trinajstić information content (AvgIpc) is 3.31. The molecule has 1 unspecified atom stereocenters. The fraction of sp³-hybridized carbons (Fsp3) is 0.154. The number of hydrogen-bond acceptors (Lipinski definition) is 6. The molecule has 1 amide bonds. The average molecular weight is 472 g/mol. The molecule has 8 heteroatoms. The molecular weight excluding hydrogens is 450 g/mol. The van der Waals surface area contributed by atoms with E-state index >= 15 is 0 Å². The number of carbonyl (C=O) groups excluding carboxylic acids is 2. The highest BCUT2D eigenvalue weighted by molar-refractivity contribution is 7.21. The maximum atomic E-state index is 13.3. The lowest BCUT2D eigenvalue weighted by Crippen LogP contribution is -2.39. The van der Waals surface area contributed by atoms with E-state index in [0.717, 1.165) is 10.4 Å². The molecule has 0 bridgehead atoms. The summed E-state index contributed by atoms with van der Waals surface area (Å²) in [6.07, 6.45) is 3.04. The van der Waals surface area contributed by atoms with Crippen LogP contribution in [0.1, 0.15) is 23.3 Å². The molecule has 5 rings (SSSR count). The third-order valence-corrected chi connectivity index (χ3v) is 6.92. The van der Waals surface area contributed by atoms with Gasteiger partial charge in [-0.15, -0.1) is 17.9 Å². The molecule has 2 aromatic heterocycles. The van der Waals surface area contributed by atoms with Gasteiger partial charge in [-0.2, -0.15) is 0 Å². The number of hydrogen-bond donors (Lipinski definition) is 0. The number of nitrogens with zero attached hydrogens (tertiary/aromatic N) is 3. The number of carbonyl (C=O) groups is 2. The summed E-state index contributed by atoms with van der Waals surface area (Å²) in [6.45, 7) is 5.62. The van der Waals surface area contributed by atoms with E-state index in [1.54, 1.807) is 31.2 Å². The van der Waals surface area contributed by atoms with Crippen molar-refractivity contribution in [3.8, 4) is 16.2 Å². The van der Waals surface area contributed by atoms with Crippen molar-refractivity contribution < 1.29 is 14.3 Å². The lowest BCUT2D eigenvalue weighted by molar-refractivity contribution is -0.121. The Morgan fingerprint density at radius 2 is 2.00 bits per heavy atom. The van der Waals surface area contributed by atoms with Gasteiger partial charge in [-0.25, -0.2) is 4.98 Å². The Balaban J connectivity index is 1.49. The van der Waals surface area contributed by atoms with E-state index in [4.69, 9.17) is 4.74 Å². The van der Waals surface area contributed by atoms with Crippen LogP contribution in [0.3, 0.4) is 0 Å². The standard InChI is InChI=1S/C26H21N3O4S/c1-3-11-28-20-12-18(9-10-21(20)33-14-23(28)30)24(31)16(2)29-15-27-25-19(26(29)32)13-22(34-25)17-7-5-4-6-8-17/h3-10,12-13,15-16H,1,11,14H2,2H3. The molecule has 170 valence electrons. The molecule has 1 atom stereocenters. The lowest BCUT2D eigenvalue weighted by Gasteiger charge is -2.29. The van der Waals surface area contributed by atoms with Crippen molar-refractivity contribution in [2.24, 2.45) is 0 Å². The van der Waals surface area contributed by atoms with Gasteiger partial charge in [0.15, 0.2) is 12.4 Å². The van der Waals surface area contributed by atoms with Crippen molar-refractivity contribution in [1.29, 1.82) is 0 Å². The number of amides is 1.